The van der Waals surface area contributed by atoms with Gasteiger partial charge in [-0.2, -0.15) is 0 Å². The van der Waals surface area contributed by atoms with Crippen molar-refractivity contribution in [2.75, 3.05) is 20.2 Å². The number of carbonyl (C=O) groups excluding carboxylic acids is 1. The van der Waals surface area contributed by atoms with Crippen molar-refractivity contribution < 1.29 is 9.53 Å². The van der Waals surface area contributed by atoms with Gasteiger partial charge in [0.15, 0.2) is 0 Å². The van der Waals surface area contributed by atoms with Crippen LogP contribution in [0.15, 0.2) is 5.38 Å². The number of carbonyl (C=O) groups is 1. The number of aromatic nitrogens is 1. The number of aryl methyl sites for hydroxylation is 1. The standard InChI is InChI=1S/C14H22N2O2S/c1-4-5-13-15-11(9-19-13)7-16-6-10(2)12(8-16)14(17)18-3/h9-10,12H,4-8H2,1-3H3. The molecule has 2 heterocycles. The minimum atomic E-state index is -0.0834. The van der Waals surface area contributed by atoms with Crippen molar-refractivity contribution >= 4 is 17.3 Å². The lowest BCUT2D eigenvalue weighted by Gasteiger charge is -2.13. The Balaban J connectivity index is 1.91. The van der Waals surface area contributed by atoms with Gasteiger partial charge in [-0.3, -0.25) is 9.69 Å². The summed E-state index contributed by atoms with van der Waals surface area (Å²) in [5.74, 6) is 0.292. The fourth-order valence-electron chi connectivity index (χ4n) is 2.63. The number of ether oxygens (including phenoxy) is 1. The van der Waals surface area contributed by atoms with E-state index >= 15 is 0 Å². The maximum Gasteiger partial charge on any atom is 0.310 e. The zero-order valence-electron chi connectivity index (χ0n) is 11.9. The minimum absolute atomic E-state index is 0.0127. The highest BCUT2D eigenvalue weighted by Gasteiger charge is 2.35. The first-order valence-corrected chi connectivity index (χ1v) is 7.75. The largest absolute Gasteiger partial charge is 0.469 e. The molecular weight excluding hydrogens is 260 g/mol. The first kappa shape index (κ1) is 14.5. The summed E-state index contributed by atoms with van der Waals surface area (Å²) in [6.45, 7) is 6.86. The number of likely N-dealkylation sites (tertiary alicyclic amines) is 1. The maximum absolute atomic E-state index is 11.6. The fourth-order valence-corrected chi connectivity index (χ4v) is 3.53. The first-order valence-electron chi connectivity index (χ1n) is 6.87. The third-order valence-corrected chi connectivity index (χ3v) is 4.60. The number of rotatable bonds is 5. The van der Waals surface area contributed by atoms with E-state index in [1.807, 2.05) is 0 Å². The Kier molecular flexibility index (Phi) is 4.93. The predicted octanol–water partition coefficient (Wildman–Crippen LogP) is 2.34. The molecule has 1 aliphatic rings. The van der Waals surface area contributed by atoms with Crippen LogP contribution in [0.25, 0.3) is 0 Å². The lowest BCUT2D eigenvalue weighted by Crippen LogP contribution is -2.24. The van der Waals surface area contributed by atoms with Crippen molar-refractivity contribution in [1.82, 2.24) is 9.88 Å². The van der Waals surface area contributed by atoms with Gasteiger partial charge in [0.25, 0.3) is 0 Å². The Morgan fingerprint density at radius 2 is 2.37 bits per heavy atom. The molecule has 2 unspecified atom stereocenters. The molecule has 0 bridgehead atoms. The number of methoxy groups -OCH3 is 1. The van der Waals surface area contributed by atoms with Gasteiger partial charge < -0.3 is 4.74 Å². The van der Waals surface area contributed by atoms with E-state index in [2.05, 4.69) is 29.1 Å². The Bertz CT molecular complexity index is 433. The summed E-state index contributed by atoms with van der Waals surface area (Å²) >= 11 is 1.74. The molecule has 1 aromatic rings. The summed E-state index contributed by atoms with van der Waals surface area (Å²) in [7, 11) is 1.47. The second-order valence-electron chi connectivity index (χ2n) is 5.28. The number of nitrogens with zero attached hydrogens (tertiary/aromatic N) is 2. The van der Waals surface area contributed by atoms with Crippen LogP contribution in [-0.4, -0.2) is 36.1 Å². The third-order valence-electron chi connectivity index (χ3n) is 3.64. The van der Waals surface area contributed by atoms with Gasteiger partial charge in [-0.05, 0) is 18.8 Å². The predicted molar refractivity (Wildman–Crippen MR) is 76.1 cm³/mol. The molecular formula is C14H22N2O2S. The lowest BCUT2D eigenvalue weighted by molar-refractivity contribution is -0.146. The Morgan fingerprint density at radius 1 is 1.58 bits per heavy atom. The van der Waals surface area contributed by atoms with Gasteiger partial charge >= 0.3 is 5.97 Å². The summed E-state index contributed by atoms with van der Waals surface area (Å²) in [6, 6.07) is 0. The van der Waals surface area contributed by atoms with Crippen molar-refractivity contribution in [2.24, 2.45) is 11.8 Å². The molecule has 2 rings (SSSR count). The average Bonchev–Trinajstić information content (AvgIpc) is 2.96. The molecule has 1 fully saturated rings. The lowest BCUT2D eigenvalue weighted by atomic mass is 9.99. The molecule has 0 radical (unpaired) electrons. The molecule has 19 heavy (non-hydrogen) atoms. The zero-order chi connectivity index (χ0) is 13.8. The molecule has 0 aromatic carbocycles. The number of esters is 1. The summed E-state index contributed by atoms with van der Waals surface area (Å²) in [6.07, 6.45) is 2.20. The van der Waals surface area contributed by atoms with E-state index < -0.39 is 0 Å². The van der Waals surface area contributed by atoms with Crippen molar-refractivity contribution in [2.45, 2.75) is 33.2 Å². The number of hydrogen-bond donors (Lipinski definition) is 0. The monoisotopic (exact) mass is 282 g/mol. The van der Waals surface area contributed by atoms with Crippen LogP contribution in [-0.2, 0) is 22.5 Å². The molecule has 1 saturated heterocycles. The molecule has 1 aliphatic heterocycles. The summed E-state index contributed by atoms with van der Waals surface area (Å²) in [4.78, 5) is 18.6. The van der Waals surface area contributed by atoms with Gasteiger partial charge in [-0.1, -0.05) is 13.8 Å². The van der Waals surface area contributed by atoms with Crippen LogP contribution in [0.4, 0.5) is 0 Å². The molecule has 0 aliphatic carbocycles. The van der Waals surface area contributed by atoms with Crippen LogP contribution >= 0.6 is 11.3 Å². The van der Waals surface area contributed by atoms with E-state index in [4.69, 9.17) is 4.74 Å². The molecule has 5 heteroatoms. The SMILES string of the molecule is CCCc1nc(CN2CC(C)C(C(=O)OC)C2)cs1. The average molecular weight is 282 g/mol. The van der Waals surface area contributed by atoms with Crippen molar-refractivity contribution in [3.05, 3.63) is 16.1 Å². The molecule has 106 valence electrons. The Morgan fingerprint density at radius 3 is 3.05 bits per heavy atom. The van der Waals surface area contributed by atoms with Crippen LogP contribution in [0, 0.1) is 11.8 Å². The quantitative estimate of drug-likeness (QED) is 0.777. The van der Waals surface area contributed by atoms with Gasteiger partial charge in [0.05, 0.1) is 23.7 Å². The molecule has 4 nitrogen and oxygen atoms in total. The van der Waals surface area contributed by atoms with Crippen molar-refractivity contribution in [3.8, 4) is 0 Å². The van der Waals surface area contributed by atoms with E-state index in [-0.39, 0.29) is 11.9 Å². The second-order valence-corrected chi connectivity index (χ2v) is 6.23. The van der Waals surface area contributed by atoms with Crippen molar-refractivity contribution in [1.29, 1.82) is 0 Å². The van der Waals surface area contributed by atoms with E-state index in [1.165, 1.54) is 12.1 Å². The first-order chi connectivity index (χ1) is 9.13. The smallest absolute Gasteiger partial charge is 0.310 e. The highest BCUT2D eigenvalue weighted by molar-refractivity contribution is 7.09. The van der Waals surface area contributed by atoms with Crippen LogP contribution < -0.4 is 0 Å². The van der Waals surface area contributed by atoms with Gasteiger partial charge in [-0.25, -0.2) is 4.98 Å². The summed E-state index contributed by atoms with van der Waals surface area (Å²) in [5.41, 5.74) is 1.13. The topological polar surface area (TPSA) is 42.4 Å². The normalized spacial score (nSPS) is 23.7. The van der Waals surface area contributed by atoms with Crippen LogP contribution in [0.2, 0.25) is 0 Å². The van der Waals surface area contributed by atoms with E-state index in [1.54, 1.807) is 11.3 Å². The number of thiazole rings is 1. The molecule has 0 amide bonds. The van der Waals surface area contributed by atoms with Gasteiger partial charge in [0, 0.05) is 25.0 Å². The third kappa shape index (κ3) is 3.54. The molecule has 0 saturated carbocycles. The minimum Gasteiger partial charge on any atom is -0.469 e. The highest BCUT2D eigenvalue weighted by Crippen LogP contribution is 2.25. The summed E-state index contributed by atoms with van der Waals surface area (Å²) in [5, 5.41) is 3.36. The Labute approximate surface area is 118 Å². The number of hydrogen-bond acceptors (Lipinski definition) is 5. The Hall–Kier alpha value is -0.940. The van der Waals surface area contributed by atoms with Crippen molar-refractivity contribution in [3.63, 3.8) is 0 Å². The molecule has 0 spiro atoms. The summed E-state index contributed by atoms with van der Waals surface area (Å²) < 4.78 is 4.86. The second kappa shape index (κ2) is 6.48. The van der Waals surface area contributed by atoms with Gasteiger partial charge in [0.1, 0.15) is 0 Å². The van der Waals surface area contributed by atoms with E-state index in [9.17, 15) is 4.79 Å². The van der Waals surface area contributed by atoms with E-state index in [0.717, 1.165) is 38.2 Å². The van der Waals surface area contributed by atoms with Crippen LogP contribution in [0.3, 0.4) is 0 Å². The molecule has 1 aromatic heterocycles. The van der Waals surface area contributed by atoms with Gasteiger partial charge in [0.2, 0.25) is 0 Å². The van der Waals surface area contributed by atoms with Crippen LogP contribution in [0.1, 0.15) is 31.0 Å². The highest BCUT2D eigenvalue weighted by atomic mass is 32.1. The molecule has 2 atom stereocenters. The fraction of sp³-hybridized carbons (Fsp3) is 0.714. The van der Waals surface area contributed by atoms with Gasteiger partial charge in [-0.15, -0.1) is 11.3 Å². The maximum atomic E-state index is 11.6. The van der Waals surface area contributed by atoms with E-state index in [0.29, 0.717) is 5.92 Å². The van der Waals surface area contributed by atoms with Crippen LogP contribution in [0.5, 0.6) is 0 Å². The molecule has 0 N–H and O–H groups in total. The zero-order valence-corrected chi connectivity index (χ0v) is 12.7.